The van der Waals surface area contributed by atoms with E-state index in [2.05, 4.69) is 15.4 Å². The van der Waals surface area contributed by atoms with Crippen molar-refractivity contribution in [1.29, 1.82) is 0 Å². The molecule has 0 aliphatic rings. The number of aromatic nitrogens is 3. The molecular weight excluding hydrogens is 373 g/mol. The number of benzene rings is 1. The van der Waals surface area contributed by atoms with Crippen molar-refractivity contribution in [3.63, 3.8) is 0 Å². The maximum Gasteiger partial charge on any atom is 0.291 e. The molecule has 0 aliphatic heterocycles. The van der Waals surface area contributed by atoms with Crippen LogP contribution in [0.3, 0.4) is 0 Å². The molecule has 144 valence electrons. The zero-order valence-electron chi connectivity index (χ0n) is 15.0. The lowest BCUT2D eigenvalue weighted by Gasteiger charge is -2.16. The molecule has 0 amide bonds. The Hall–Kier alpha value is -3.49. The quantitative estimate of drug-likeness (QED) is 0.533. The van der Waals surface area contributed by atoms with Crippen molar-refractivity contribution in [1.82, 2.24) is 14.8 Å². The van der Waals surface area contributed by atoms with Gasteiger partial charge in [-0.25, -0.2) is 17.9 Å². The largest absolute Gasteiger partial charge is 0.350 e. The van der Waals surface area contributed by atoms with E-state index in [-0.39, 0.29) is 29.2 Å². The normalized spacial score (nSPS) is 10.8. The van der Waals surface area contributed by atoms with E-state index >= 15 is 0 Å². The second-order valence-corrected chi connectivity index (χ2v) is 5.89. The van der Waals surface area contributed by atoms with Gasteiger partial charge < -0.3 is 5.32 Å². The van der Waals surface area contributed by atoms with E-state index in [1.807, 2.05) is 0 Å². The number of nitrogens with one attached hydrogen (secondary N) is 1. The first-order chi connectivity index (χ1) is 13.3. The van der Waals surface area contributed by atoms with Crippen LogP contribution in [0.5, 0.6) is 0 Å². The molecule has 3 aromatic rings. The molecule has 0 bridgehead atoms. The number of nitrogens with zero attached hydrogens (tertiary/aromatic N) is 3. The average Bonchev–Trinajstić information content (AvgIpc) is 2.67. The number of carbonyl (C=O) groups is 1. The van der Waals surface area contributed by atoms with Crippen molar-refractivity contribution >= 4 is 17.2 Å². The number of aryl methyl sites for hydroxylation is 1. The number of rotatable bonds is 5. The summed E-state index contributed by atoms with van der Waals surface area (Å²) in [7, 11) is 0. The number of pyridine rings is 1. The van der Waals surface area contributed by atoms with Crippen LogP contribution in [-0.2, 0) is 6.54 Å². The molecule has 0 saturated carbocycles. The van der Waals surface area contributed by atoms with Gasteiger partial charge in [-0.3, -0.25) is 14.6 Å². The van der Waals surface area contributed by atoms with Gasteiger partial charge in [0.25, 0.3) is 5.56 Å². The molecule has 0 radical (unpaired) electrons. The number of hydrogen-bond donors (Lipinski definition) is 1. The van der Waals surface area contributed by atoms with E-state index in [0.717, 1.165) is 4.68 Å². The molecule has 0 spiro atoms. The third kappa shape index (κ3) is 3.51. The Labute approximate surface area is 157 Å². The molecule has 9 heteroatoms. The van der Waals surface area contributed by atoms with E-state index in [0.29, 0.717) is 17.7 Å². The van der Waals surface area contributed by atoms with E-state index < -0.39 is 28.8 Å². The molecule has 6 nitrogen and oxygen atoms in total. The average molecular weight is 388 g/mol. The first-order valence-corrected chi connectivity index (χ1v) is 8.31. The number of ketones is 1. The van der Waals surface area contributed by atoms with Crippen molar-refractivity contribution in [2.75, 3.05) is 5.32 Å². The van der Waals surface area contributed by atoms with Crippen molar-refractivity contribution < 1.29 is 18.0 Å². The summed E-state index contributed by atoms with van der Waals surface area (Å²) >= 11 is 0. The Kier molecular flexibility index (Phi) is 5.25. The summed E-state index contributed by atoms with van der Waals surface area (Å²) in [5.74, 6) is -4.96. The molecule has 28 heavy (non-hydrogen) atoms. The summed E-state index contributed by atoms with van der Waals surface area (Å²) < 4.78 is 41.5. The van der Waals surface area contributed by atoms with Crippen LogP contribution in [-0.4, -0.2) is 20.5 Å². The van der Waals surface area contributed by atoms with Crippen LogP contribution < -0.4 is 10.9 Å². The number of hydrogen-bond acceptors (Lipinski definition) is 5. The topological polar surface area (TPSA) is 76.9 Å². The predicted octanol–water partition coefficient (Wildman–Crippen LogP) is 3.69. The molecule has 0 saturated heterocycles. The van der Waals surface area contributed by atoms with Gasteiger partial charge >= 0.3 is 0 Å². The Morgan fingerprint density at radius 3 is 2.29 bits per heavy atom. The summed E-state index contributed by atoms with van der Waals surface area (Å²) in [6, 6.07) is 4.62. The maximum absolute atomic E-state index is 13.6. The number of Topliss-reactive ketones (excluding diaryl/α,β-unsaturated/α-hetero) is 1. The highest BCUT2D eigenvalue weighted by molar-refractivity contribution is 6.05. The monoisotopic (exact) mass is 388 g/mol. The zero-order valence-corrected chi connectivity index (χ0v) is 15.0. The molecule has 3 rings (SSSR count). The molecule has 1 aromatic carbocycles. The summed E-state index contributed by atoms with van der Waals surface area (Å²) in [6.07, 6.45) is 3.00. The SMILES string of the molecule is CCn1nc(-c2ccncc2)c(C(C)=O)c(Nc2cc(F)c(F)c(F)c2)c1=O. The van der Waals surface area contributed by atoms with Crippen LogP contribution in [0.2, 0.25) is 0 Å². The van der Waals surface area contributed by atoms with Gasteiger partial charge in [-0.1, -0.05) is 0 Å². The van der Waals surface area contributed by atoms with E-state index in [9.17, 15) is 22.8 Å². The standard InChI is InChI=1S/C19H15F3N4O2/c1-3-26-19(28)18(24-12-8-13(20)16(22)14(21)9-12)15(10(2)27)17(25-26)11-4-6-23-7-5-11/h4-9,24H,3H2,1-2H3. The van der Waals surface area contributed by atoms with E-state index in [4.69, 9.17) is 0 Å². The van der Waals surface area contributed by atoms with Crippen molar-refractivity contribution in [2.45, 2.75) is 20.4 Å². The third-order valence-electron chi connectivity index (χ3n) is 4.01. The highest BCUT2D eigenvalue weighted by atomic mass is 19.2. The summed E-state index contributed by atoms with van der Waals surface area (Å²) in [5, 5.41) is 6.80. The first-order valence-electron chi connectivity index (χ1n) is 8.31. The highest BCUT2D eigenvalue weighted by Gasteiger charge is 2.22. The van der Waals surface area contributed by atoms with Gasteiger partial charge in [0.1, 0.15) is 11.4 Å². The molecule has 1 N–H and O–H groups in total. The minimum Gasteiger partial charge on any atom is -0.350 e. The van der Waals surface area contributed by atoms with E-state index in [1.54, 1.807) is 19.1 Å². The van der Waals surface area contributed by atoms with E-state index in [1.165, 1.54) is 19.3 Å². The number of halogens is 3. The van der Waals surface area contributed by atoms with Crippen LogP contribution in [0.25, 0.3) is 11.3 Å². The van der Waals surface area contributed by atoms with Crippen molar-refractivity contribution in [3.8, 4) is 11.3 Å². The molecule has 0 fully saturated rings. The van der Waals surface area contributed by atoms with Gasteiger partial charge in [0.05, 0.1) is 5.56 Å². The fraction of sp³-hybridized carbons (Fsp3) is 0.158. The Bertz CT molecular complexity index is 1090. The van der Waals surface area contributed by atoms with Gasteiger partial charge in [0.2, 0.25) is 0 Å². The lowest BCUT2D eigenvalue weighted by molar-refractivity contribution is 0.101. The maximum atomic E-state index is 13.6. The Morgan fingerprint density at radius 1 is 1.14 bits per heavy atom. The van der Waals surface area contributed by atoms with Gasteiger partial charge in [0.15, 0.2) is 23.2 Å². The molecule has 2 heterocycles. The molecular formula is C19H15F3N4O2. The lowest BCUT2D eigenvalue weighted by Crippen LogP contribution is -2.28. The second kappa shape index (κ2) is 7.63. The minimum absolute atomic E-state index is 0.0500. The van der Waals surface area contributed by atoms with Gasteiger partial charge in [-0.15, -0.1) is 0 Å². The van der Waals surface area contributed by atoms with Crippen molar-refractivity contribution in [3.05, 3.63) is 70.0 Å². The fourth-order valence-electron chi connectivity index (χ4n) is 2.73. The fourth-order valence-corrected chi connectivity index (χ4v) is 2.73. The highest BCUT2D eigenvalue weighted by Crippen LogP contribution is 2.28. The summed E-state index contributed by atoms with van der Waals surface area (Å²) in [6.45, 7) is 3.11. The molecule has 2 aromatic heterocycles. The summed E-state index contributed by atoms with van der Waals surface area (Å²) in [5.41, 5.74) is -0.391. The molecule has 0 aliphatic carbocycles. The third-order valence-corrected chi connectivity index (χ3v) is 4.01. The van der Waals surface area contributed by atoms with Crippen LogP contribution >= 0.6 is 0 Å². The van der Waals surface area contributed by atoms with Crippen LogP contribution in [0, 0.1) is 17.5 Å². The van der Waals surface area contributed by atoms with Crippen LogP contribution in [0.4, 0.5) is 24.5 Å². The Balaban J connectivity index is 2.28. The number of anilines is 2. The molecule has 0 unspecified atom stereocenters. The van der Waals surface area contributed by atoms with Gasteiger partial charge in [0, 0.05) is 42.3 Å². The zero-order chi connectivity index (χ0) is 20.4. The Morgan fingerprint density at radius 2 is 1.75 bits per heavy atom. The van der Waals surface area contributed by atoms with Crippen LogP contribution in [0.15, 0.2) is 41.5 Å². The van der Waals surface area contributed by atoms with Gasteiger partial charge in [-0.05, 0) is 26.0 Å². The first kappa shape index (κ1) is 19.3. The van der Waals surface area contributed by atoms with Gasteiger partial charge in [-0.2, -0.15) is 5.10 Å². The van der Waals surface area contributed by atoms with Crippen LogP contribution in [0.1, 0.15) is 24.2 Å². The predicted molar refractivity (Wildman–Crippen MR) is 97.0 cm³/mol. The minimum atomic E-state index is -1.63. The number of carbonyl (C=O) groups excluding carboxylic acids is 1. The second-order valence-electron chi connectivity index (χ2n) is 5.89. The smallest absolute Gasteiger partial charge is 0.291 e. The lowest BCUT2D eigenvalue weighted by atomic mass is 10.0. The van der Waals surface area contributed by atoms with Crippen molar-refractivity contribution in [2.24, 2.45) is 0 Å². The molecule has 0 atom stereocenters. The summed E-state index contributed by atoms with van der Waals surface area (Å²) in [4.78, 5) is 29.0.